The van der Waals surface area contributed by atoms with Gasteiger partial charge in [-0.1, -0.05) is 14.9 Å². The Kier molecular flexibility index (Phi) is 419. The number of rotatable bonds is 0. The molecule has 0 aliphatic rings. The van der Waals surface area contributed by atoms with Crippen LogP contribution in [0.15, 0.2) is 0 Å². The molecule has 0 aromatic rings. The monoisotopic (exact) mass is 144 g/mol. The molecule has 0 aliphatic heterocycles. The van der Waals surface area contributed by atoms with E-state index in [0.29, 0.717) is 0 Å². The Bertz CT molecular complexity index is 9.51. The van der Waals surface area contributed by atoms with Gasteiger partial charge in [-0.05, 0) is 0 Å². The van der Waals surface area contributed by atoms with Gasteiger partial charge in [0.05, 0.1) is 0 Å². The van der Waals surface area contributed by atoms with Crippen LogP contribution in [0, 0.1) is 0 Å². The van der Waals surface area contributed by atoms with Gasteiger partial charge < -0.3 is 11.0 Å². The summed E-state index contributed by atoms with van der Waals surface area (Å²) in [4.78, 5) is 0. The van der Waals surface area contributed by atoms with Crippen LogP contribution in [0.3, 0.4) is 0 Å². The predicted octanol–water partition coefficient (Wildman–Crippen LogP) is -5.07. The van der Waals surface area contributed by atoms with Gasteiger partial charge in [-0.15, -0.1) is 0 Å². The molecule has 4 heteroatoms. The summed E-state index contributed by atoms with van der Waals surface area (Å²) in [5, 5.41) is 0. The summed E-state index contributed by atoms with van der Waals surface area (Å²) in [5.41, 5.74) is 0. The summed E-state index contributed by atoms with van der Waals surface area (Å²) < 4.78 is 0. The van der Waals surface area contributed by atoms with E-state index in [1.54, 1.807) is 0 Å². The molecule has 0 saturated carbocycles. The Morgan fingerprint density at radius 2 is 0.500 bits per heavy atom. The second-order valence-corrected chi connectivity index (χ2v) is 0. The van der Waals surface area contributed by atoms with E-state index in [1.165, 1.54) is 0 Å². The van der Waals surface area contributed by atoms with Crippen molar-refractivity contribution in [3.05, 3.63) is 0 Å². The molecule has 0 fully saturated rings. The van der Waals surface area contributed by atoms with Gasteiger partial charge in [0.15, 0.2) is 0 Å². The quantitative estimate of drug-likeness (QED) is 0.319. The molecule has 2 nitrogen and oxygen atoms in total. The number of hydrogen-bond donors (Lipinski definition) is 0. The first kappa shape index (κ1) is 60.5. The molecule has 0 heterocycles. The van der Waals surface area contributed by atoms with E-state index in [9.17, 15) is 0 Å². The van der Waals surface area contributed by atoms with Crippen LogP contribution in [0.25, 0.3) is 0 Å². The van der Waals surface area contributed by atoms with E-state index in [1.807, 2.05) is 0 Å². The molecule has 0 aliphatic carbocycles. The smallest absolute Gasteiger partial charge is 0.870 e. The Morgan fingerprint density at radius 3 is 0.500 bits per heavy atom. The second kappa shape index (κ2) is 41.6. The Labute approximate surface area is 125 Å². The minimum atomic E-state index is 0. The zero-order valence-corrected chi connectivity index (χ0v) is 9.14. The molecule has 0 amide bonds. The average molecular weight is 144 g/mol. The Morgan fingerprint density at radius 1 is 0.500 bits per heavy atom. The summed E-state index contributed by atoms with van der Waals surface area (Å²) in [6.07, 6.45) is 0. The molecule has 0 aromatic heterocycles. The van der Waals surface area contributed by atoms with E-state index >= 15 is 0 Å². The standard InChI is InChI=1S/2CH4.2K.2H2O/h2*1H4;;;2*1H2/q;;2*+1;;/p-2. The van der Waals surface area contributed by atoms with Crippen LogP contribution in [0.2, 0.25) is 0 Å². The van der Waals surface area contributed by atoms with Crippen LogP contribution in [0.4, 0.5) is 0 Å². The van der Waals surface area contributed by atoms with Crippen molar-refractivity contribution < 1.29 is 114 Å². The maximum absolute atomic E-state index is 0. The molecule has 0 atom stereocenters. The second-order valence-electron chi connectivity index (χ2n) is 0. The predicted molar refractivity (Wildman–Crippen MR) is 17.3 cm³/mol. The van der Waals surface area contributed by atoms with Crippen LogP contribution in [0.1, 0.15) is 14.9 Å². The third-order valence-electron chi connectivity index (χ3n) is 0. The molecule has 0 radical (unpaired) electrons. The summed E-state index contributed by atoms with van der Waals surface area (Å²) in [7, 11) is 0. The minimum Gasteiger partial charge on any atom is -0.870 e. The van der Waals surface area contributed by atoms with Crippen LogP contribution < -0.4 is 103 Å². The van der Waals surface area contributed by atoms with E-state index in [4.69, 9.17) is 0 Å². The molecule has 32 valence electrons. The van der Waals surface area contributed by atoms with Crippen LogP contribution in [-0.4, -0.2) is 11.0 Å². The fourth-order valence-corrected chi connectivity index (χ4v) is 0. The molecule has 0 saturated heterocycles. The molecule has 2 N–H and O–H groups in total. The molecule has 0 aromatic carbocycles. The van der Waals surface area contributed by atoms with Crippen LogP contribution in [0.5, 0.6) is 0 Å². The van der Waals surface area contributed by atoms with Crippen molar-refractivity contribution >= 4 is 0 Å². The van der Waals surface area contributed by atoms with Gasteiger partial charge in [0.25, 0.3) is 0 Å². The third kappa shape index (κ3) is 27.1. The normalized spacial score (nSPS) is 0. The van der Waals surface area contributed by atoms with E-state index < -0.39 is 0 Å². The van der Waals surface area contributed by atoms with E-state index in [-0.39, 0.29) is 129 Å². The summed E-state index contributed by atoms with van der Waals surface area (Å²) >= 11 is 0. The maximum atomic E-state index is 0. The van der Waals surface area contributed by atoms with Crippen LogP contribution >= 0.6 is 0 Å². The summed E-state index contributed by atoms with van der Waals surface area (Å²) in [5.74, 6) is 0. The Hall–Kier alpha value is 3.19. The van der Waals surface area contributed by atoms with Crippen molar-refractivity contribution in [1.29, 1.82) is 0 Å². The fourth-order valence-electron chi connectivity index (χ4n) is 0. The van der Waals surface area contributed by atoms with Crippen molar-refractivity contribution in [2.45, 2.75) is 14.9 Å². The first-order chi connectivity index (χ1) is 0. The zero-order chi connectivity index (χ0) is 0. The van der Waals surface area contributed by atoms with Crippen molar-refractivity contribution in [3.8, 4) is 0 Å². The topological polar surface area (TPSA) is 60.0 Å². The van der Waals surface area contributed by atoms with Crippen molar-refractivity contribution in [2.24, 2.45) is 0 Å². The van der Waals surface area contributed by atoms with Gasteiger partial charge >= 0.3 is 103 Å². The number of hydrogen-bond acceptors (Lipinski definition) is 2. The summed E-state index contributed by atoms with van der Waals surface area (Å²) in [6.45, 7) is 0. The molecular weight excluding hydrogens is 134 g/mol. The minimum absolute atomic E-state index is 0. The van der Waals surface area contributed by atoms with E-state index in [0.717, 1.165) is 0 Å². The maximum Gasteiger partial charge on any atom is 1.00 e. The Balaban J connectivity index is 0. The molecule has 0 unspecified atom stereocenters. The van der Waals surface area contributed by atoms with Crippen molar-refractivity contribution in [1.82, 2.24) is 0 Å². The fraction of sp³-hybridized carbons (Fsp3) is 1.00. The van der Waals surface area contributed by atoms with Gasteiger partial charge in [-0.3, -0.25) is 0 Å². The van der Waals surface area contributed by atoms with E-state index in [2.05, 4.69) is 0 Å². The third-order valence-corrected chi connectivity index (χ3v) is 0. The van der Waals surface area contributed by atoms with Gasteiger partial charge in [0.2, 0.25) is 0 Å². The average Bonchev–Trinajstić information content (AvgIpc) is 0. The van der Waals surface area contributed by atoms with Gasteiger partial charge in [-0.25, -0.2) is 0 Å². The van der Waals surface area contributed by atoms with Gasteiger partial charge in [0, 0.05) is 0 Å². The molecule has 0 spiro atoms. The molecule has 0 bridgehead atoms. The SMILES string of the molecule is C.C.[K+].[K+].[OH-].[OH-]. The summed E-state index contributed by atoms with van der Waals surface area (Å²) in [6, 6.07) is 0. The van der Waals surface area contributed by atoms with Gasteiger partial charge in [-0.2, -0.15) is 0 Å². The van der Waals surface area contributed by atoms with Crippen molar-refractivity contribution in [2.75, 3.05) is 0 Å². The zero-order valence-electron chi connectivity index (χ0n) is 2.89. The first-order valence-corrected chi connectivity index (χ1v) is 0. The molecule has 6 heavy (non-hydrogen) atoms. The van der Waals surface area contributed by atoms with Crippen molar-refractivity contribution in [3.63, 3.8) is 0 Å². The molecule has 0 rings (SSSR count). The first-order valence-electron chi connectivity index (χ1n) is 0. The van der Waals surface area contributed by atoms with Crippen LogP contribution in [-0.2, 0) is 0 Å². The molecular formula is C2H10K2O2. The largest absolute Gasteiger partial charge is 1.00 e. The van der Waals surface area contributed by atoms with Gasteiger partial charge in [0.1, 0.15) is 0 Å².